The van der Waals surface area contributed by atoms with Crippen LogP contribution in [0.4, 0.5) is 0 Å². The first-order valence-corrected chi connectivity index (χ1v) is 4.20. The molecule has 1 saturated heterocycles. The fourth-order valence-electron chi connectivity index (χ4n) is 1.31. The molecule has 0 aromatic rings. The summed E-state index contributed by atoms with van der Waals surface area (Å²) >= 11 is 0. The number of hydrogen-bond donors (Lipinski definition) is 1. The summed E-state index contributed by atoms with van der Waals surface area (Å²) in [6.07, 6.45) is 1.03. The molecule has 0 amide bonds. The van der Waals surface area contributed by atoms with Gasteiger partial charge in [0, 0.05) is 39.1 Å². The van der Waals surface area contributed by atoms with Gasteiger partial charge in [0.1, 0.15) is 0 Å². The van der Waals surface area contributed by atoms with Gasteiger partial charge in [-0.1, -0.05) is 0 Å². The first kappa shape index (κ1) is 8.51. The Kier molecular flexibility index (Phi) is 3.95. The zero-order valence-electron chi connectivity index (χ0n) is 6.84. The van der Waals surface area contributed by atoms with Crippen LogP contribution < -0.4 is 5.32 Å². The van der Waals surface area contributed by atoms with Crippen molar-refractivity contribution in [1.29, 1.82) is 0 Å². The van der Waals surface area contributed by atoms with Gasteiger partial charge in [0.05, 0.1) is 0 Å². The lowest BCUT2D eigenvalue weighted by Gasteiger charge is -2.26. The minimum Gasteiger partial charge on any atom is -0.317 e. The standard InChI is InChI=1S/C8H15N3/c1-9-3-2-6-11-7-4-10-5-8-11/h10H,2-8H2. The highest BCUT2D eigenvalue weighted by Gasteiger charge is 2.08. The first-order valence-electron chi connectivity index (χ1n) is 4.20. The van der Waals surface area contributed by atoms with Gasteiger partial charge in [-0.2, -0.15) is 0 Å². The van der Waals surface area contributed by atoms with Crippen molar-refractivity contribution in [3.63, 3.8) is 0 Å². The number of nitrogens with one attached hydrogen (secondary N) is 1. The van der Waals surface area contributed by atoms with Crippen molar-refractivity contribution >= 4 is 0 Å². The molecule has 62 valence electrons. The van der Waals surface area contributed by atoms with E-state index in [2.05, 4.69) is 15.1 Å². The lowest BCUT2D eigenvalue weighted by molar-refractivity contribution is 0.241. The second-order valence-electron chi connectivity index (χ2n) is 2.83. The quantitative estimate of drug-likeness (QED) is 0.461. The van der Waals surface area contributed by atoms with Gasteiger partial charge < -0.3 is 15.1 Å². The summed E-state index contributed by atoms with van der Waals surface area (Å²) in [5, 5.41) is 3.30. The van der Waals surface area contributed by atoms with E-state index < -0.39 is 0 Å². The van der Waals surface area contributed by atoms with Gasteiger partial charge in [0.25, 0.3) is 0 Å². The van der Waals surface area contributed by atoms with E-state index in [9.17, 15) is 0 Å². The maximum Gasteiger partial charge on any atom is 0.215 e. The zero-order chi connectivity index (χ0) is 7.94. The predicted octanol–water partition coefficient (Wildman–Crippen LogP) is 0.201. The minimum atomic E-state index is 0.684. The smallest absolute Gasteiger partial charge is 0.215 e. The van der Waals surface area contributed by atoms with E-state index in [0.29, 0.717) is 6.54 Å². The van der Waals surface area contributed by atoms with Gasteiger partial charge in [-0.3, -0.25) is 0 Å². The van der Waals surface area contributed by atoms with Crippen LogP contribution in [0.1, 0.15) is 6.42 Å². The van der Waals surface area contributed by atoms with Crippen molar-refractivity contribution in [1.82, 2.24) is 10.2 Å². The summed E-state index contributed by atoms with van der Waals surface area (Å²) in [6, 6.07) is 0. The molecule has 1 rings (SSSR count). The molecular weight excluding hydrogens is 138 g/mol. The Morgan fingerprint density at radius 3 is 2.73 bits per heavy atom. The number of rotatable bonds is 3. The van der Waals surface area contributed by atoms with E-state index in [1.54, 1.807) is 0 Å². The van der Waals surface area contributed by atoms with Gasteiger partial charge in [-0.05, 0) is 0 Å². The van der Waals surface area contributed by atoms with Crippen LogP contribution in [0, 0.1) is 6.57 Å². The topological polar surface area (TPSA) is 19.6 Å². The minimum absolute atomic E-state index is 0.684. The Balaban J connectivity index is 2.01. The molecule has 1 aliphatic heterocycles. The molecule has 1 heterocycles. The highest BCUT2D eigenvalue weighted by atomic mass is 15.2. The van der Waals surface area contributed by atoms with Crippen molar-refractivity contribution in [3.05, 3.63) is 11.4 Å². The van der Waals surface area contributed by atoms with E-state index >= 15 is 0 Å². The zero-order valence-corrected chi connectivity index (χ0v) is 6.84. The molecule has 0 spiro atoms. The second-order valence-corrected chi connectivity index (χ2v) is 2.83. The maximum atomic E-state index is 6.61. The van der Waals surface area contributed by atoms with Gasteiger partial charge in [0.2, 0.25) is 6.54 Å². The summed E-state index contributed by atoms with van der Waals surface area (Å²) in [4.78, 5) is 5.75. The fourth-order valence-corrected chi connectivity index (χ4v) is 1.31. The molecule has 1 aliphatic rings. The Labute approximate surface area is 68.2 Å². The third-order valence-electron chi connectivity index (χ3n) is 1.95. The summed E-state index contributed by atoms with van der Waals surface area (Å²) in [7, 11) is 0. The molecule has 1 fully saturated rings. The Morgan fingerprint density at radius 2 is 2.09 bits per heavy atom. The van der Waals surface area contributed by atoms with Crippen LogP contribution in [0.15, 0.2) is 0 Å². The van der Waals surface area contributed by atoms with E-state index in [-0.39, 0.29) is 0 Å². The largest absolute Gasteiger partial charge is 0.317 e. The molecule has 3 heteroatoms. The lowest BCUT2D eigenvalue weighted by atomic mass is 10.3. The van der Waals surface area contributed by atoms with Crippen molar-refractivity contribution < 1.29 is 0 Å². The van der Waals surface area contributed by atoms with Gasteiger partial charge in [-0.25, -0.2) is 6.57 Å². The average Bonchev–Trinajstić information content (AvgIpc) is 2.07. The van der Waals surface area contributed by atoms with Crippen LogP contribution in [0.2, 0.25) is 0 Å². The van der Waals surface area contributed by atoms with Crippen LogP contribution in [0.5, 0.6) is 0 Å². The summed E-state index contributed by atoms with van der Waals surface area (Å²) < 4.78 is 0. The SMILES string of the molecule is [C-]#[N+]CCCN1CCNCC1. The van der Waals surface area contributed by atoms with Crippen molar-refractivity contribution in [2.45, 2.75) is 6.42 Å². The van der Waals surface area contributed by atoms with Crippen LogP contribution >= 0.6 is 0 Å². The van der Waals surface area contributed by atoms with Crippen molar-refractivity contribution in [2.75, 3.05) is 39.3 Å². The van der Waals surface area contributed by atoms with Crippen LogP contribution in [0.25, 0.3) is 4.85 Å². The fraction of sp³-hybridized carbons (Fsp3) is 0.875. The molecule has 0 radical (unpaired) electrons. The highest BCUT2D eigenvalue weighted by Crippen LogP contribution is 1.93. The van der Waals surface area contributed by atoms with Crippen LogP contribution in [-0.2, 0) is 0 Å². The molecule has 1 N–H and O–H groups in total. The third kappa shape index (κ3) is 3.35. The third-order valence-corrected chi connectivity index (χ3v) is 1.95. The van der Waals surface area contributed by atoms with E-state index in [1.807, 2.05) is 0 Å². The molecule has 0 aromatic carbocycles. The molecule has 0 aliphatic carbocycles. The van der Waals surface area contributed by atoms with E-state index in [0.717, 1.165) is 39.1 Å². The number of nitrogens with zero attached hydrogens (tertiary/aromatic N) is 2. The van der Waals surface area contributed by atoms with E-state index in [1.165, 1.54) is 0 Å². The Bertz CT molecular complexity index is 133. The van der Waals surface area contributed by atoms with Gasteiger partial charge in [-0.15, -0.1) is 0 Å². The summed E-state index contributed by atoms with van der Waals surface area (Å²) in [6.45, 7) is 12.9. The molecule has 3 nitrogen and oxygen atoms in total. The highest BCUT2D eigenvalue weighted by molar-refractivity contribution is 4.69. The molecule has 0 bridgehead atoms. The normalized spacial score (nSPS) is 19.5. The number of hydrogen-bond acceptors (Lipinski definition) is 2. The Hall–Kier alpha value is -0.590. The number of piperazine rings is 1. The summed E-state index contributed by atoms with van der Waals surface area (Å²) in [5.74, 6) is 0. The van der Waals surface area contributed by atoms with Crippen LogP contribution in [-0.4, -0.2) is 44.2 Å². The molecule has 0 atom stereocenters. The average molecular weight is 153 g/mol. The van der Waals surface area contributed by atoms with Gasteiger partial charge >= 0.3 is 0 Å². The van der Waals surface area contributed by atoms with Crippen molar-refractivity contribution in [2.24, 2.45) is 0 Å². The van der Waals surface area contributed by atoms with Crippen LogP contribution in [0.3, 0.4) is 0 Å². The molecule has 11 heavy (non-hydrogen) atoms. The lowest BCUT2D eigenvalue weighted by Crippen LogP contribution is -2.43. The van der Waals surface area contributed by atoms with Crippen molar-refractivity contribution in [3.8, 4) is 0 Å². The van der Waals surface area contributed by atoms with E-state index in [4.69, 9.17) is 6.57 Å². The second kappa shape index (κ2) is 5.11. The molecular formula is C8H15N3. The predicted molar refractivity (Wildman–Crippen MR) is 45.4 cm³/mol. The molecule has 0 unspecified atom stereocenters. The maximum absolute atomic E-state index is 6.61. The van der Waals surface area contributed by atoms with Gasteiger partial charge in [0.15, 0.2) is 0 Å². The summed E-state index contributed by atoms with van der Waals surface area (Å²) in [5.41, 5.74) is 0. The molecule has 0 saturated carbocycles. The molecule has 0 aromatic heterocycles. The Morgan fingerprint density at radius 1 is 1.36 bits per heavy atom. The monoisotopic (exact) mass is 153 g/mol. The first-order chi connectivity index (χ1) is 5.43.